The minimum atomic E-state index is -0.744. The van der Waals surface area contributed by atoms with E-state index in [0.29, 0.717) is 0 Å². The molecule has 0 fully saturated rings. The first kappa shape index (κ1) is 14.9. The van der Waals surface area contributed by atoms with Gasteiger partial charge in [-0.3, -0.25) is 9.59 Å². The van der Waals surface area contributed by atoms with Gasteiger partial charge in [-0.2, -0.15) is 0 Å². The van der Waals surface area contributed by atoms with Crippen molar-refractivity contribution < 1.29 is 19.8 Å². The first-order chi connectivity index (χ1) is 7.41. The smallest absolute Gasteiger partial charge is 0.303 e. The monoisotopic (exact) mass is 230 g/mol. The maximum absolute atomic E-state index is 10.4. The van der Waals surface area contributed by atoms with Crippen LogP contribution in [0.4, 0.5) is 0 Å². The highest BCUT2D eigenvalue weighted by atomic mass is 16.4. The summed E-state index contributed by atoms with van der Waals surface area (Å²) in [4.78, 5) is 20.8. The van der Waals surface area contributed by atoms with Crippen LogP contribution < -0.4 is 0 Å². The highest BCUT2D eigenvalue weighted by molar-refractivity contribution is 5.67. The van der Waals surface area contributed by atoms with Crippen LogP contribution in [0.1, 0.15) is 52.4 Å². The minimum absolute atomic E-state index is 0.215. The van der Waals surface area contributed by atoms with Crippen LogP contribution in [0.3, 0.4) is 0 Å². The van der Waals surface area contributed by atoms with Gasteiger partial charge in [0.1, 0.15) is 0 Å². The van der Waals surface area contributed by atoms with E-state index in [1.807, 2.05) is 13.8 Å². The van der Waals surface area contributed by atoms with Gasteiger partial charge in [0, 0.05) is 12.8 Å². The number of hydrogen-bond donors (Lipinski definition) is 2. The lowest BCUT2D eigenvalue weighted by atomic mass is 9.96. The molecule has 0 aliphatic carbocycles. The normalized spacial score (nSPS) is 14.4. The Bertz CT molecular complexity index is 201. The van der Waals surface area contributed by atoms with Crippen molar-refractivity contribution in [2.24, 2.45) is 11.8 Å². The van der Waals surface area contributed by atoms with Crippen molar-refractivity contribution >= 4 is 11.9 Å². The largest absolute Gasteiger partial charge is 0.481 e. The molecule has 0 spiro atoms. The lowest BCUT2D eigenvalue weighted by molar-refractivity contribution is -0.139. The van der Waals surface area contributed by atoms with Crippen LogP contribution in [-0.2, 0) is 9.59 Å². The summed E-state index contributed by atoms with van der Waals surface area (Å²) in [7, 11) is 0. The van der Waals surface area contributed by atoms with E-state index in [9.17, 15) is 9.59 Å². The summed E-state index contributed by atoms with van der Waals surface area (Å²) in [6.07, 6.45) is 4.24. The molecule has 0 saturated carbocycles. The molecule has 94 valence electrons. The molecule has 0 heterocycles. The fourth-order valence-corrected chi connectivity index (χ4v) is 1.79. The molecular formula is C12H22O4. The third-order valence-corrected chi connectivity index (χ3v) is 2.69. The Kier molecular flexibility index (Phi) is 7.60. The van der Waals surface area contributed by atoms with Gasteiger partial charge in [-0.1, -0.05) is 39.5 Å². The fraction of sp³-hybridized carbons (Fsp3) is 0.833. The quantitative estimate of drug-likeness (QED) is 0.597. The number of hydrogen-bond acceptors (Lipinski definition) is 2. The van der Waals surface area contributed by atoms with Crippen LogP contribution in [-0.4, -0.2) is 22.2 Å². The van der Waals surface area contributed by atoms with Crippen LogP contribution in [0.5, 0.6) is 0 Å². The summed E-state index contributed by atoms with van der Waals surface area (Å²) in [5.41, 5.74) is 0. The third kappa shape index (κ3) is 9.49. The lowest BCUT2D eigenvalue weighted by Crippen LogP contribution is -2.06. The maximum Gasteiger partial charge on any atom is 0.303 e. The summed E-state index contributed by atoms with van der Waals surface area (Å²) < 4.78 is 0. The molecule has 0 aromatic carbocycles. The SMILES string of the molecule is CC(CCCCC(C)CC(=O)O)CC(=O)O. The second-order valence-corrected chi connectivity index (χ2v) is 4.69. The second-order valence-electron chi connectivity index (χ2n) is 4.69. The Balaban J connectivity index is 3.45. The molecule has 4 heteroatoms. The molecule has 16 heavy (non-hydrogen) atoms. The van der Waals surface area contributed by atoms with Gasteiger partial charge >= 0.3 is 11.9 Å². The van der Waals surface area contributed by atoms with Gasteiger partial charge in [0.15, 0.2) is 0 Å². The van der Waals surface area contributed by atoms with Crippen LogP contribution in [0.2, 0.25) is 0 Å². The first-order valence-electron chi connectivity index (χ1n) is 5.85. The third-order valence-electron chi connectivity index (χ3n) is 2.69. The van der Waals surface area contributed by atoms with E-state index in [0.717, 1.165) is 25.7 Å². The van der Waals surface area contributed by atoms with Gasteiger partial charge in [-0.05, 0) is 11.8 Å². The molecule has 4 nitrogen and oxygen atoms in total. The molecular weight excluding hydrogens is 208 g/mol. The predicted octanol–water partition coefficient (Wildman–Crippen LogP) is 2.77. The van der Waals surface area contributed by atoms with Crippen molar-refractivity contribution in [3.8, 4) is 0 Å². The standard InChI is InChI=1S/C12H22O4/c1-9(7-11(13)14)5-3-4-6-10(2)8-12(15)16/h9-10H,3-8H2,1-2H3,(H,13,14)(H,15,16). The first-order valence-corrected chi connectivity index (χ1v) is 5.85. The summed E-state index contributed by atoms with van der Waals surface area (Å²) in [5, 5.41) is 17.1. The highest BCUT2D eigenvalue weighted by Crippen LogP contribution is 2.17. The van der Waals surface area contributed by atoms with Crippen molar-refractivity contribution in [2.75, 3.05) is 0 Å². The molecule has 0 aromatic rings. The van der Waals surface area contributed by atoms with Gasteiger partial charge in [0.25, 0.3) is 0 Å². The molecule has 0 bridgehead atoms. The van der Waals surface area contributed by atoms with Gasteiger partial charge in [-0.25, -0.2) is 0 Å². The Morgan fingerprint density at radius 2 is 1.19 bits per heavy atom. The van der Waals surface area contributed by atoms with Gasteiger partial charge in [0.05, 0.1) is 0 Å². The van der Waals surface area contributed by atoms with Gasteiger partial charge in [-0.15, -0.1) is 0 Å². The van der Waals surface area contributed by atoms with Crippen molar-refractivity contribution in [2.45, 2.75) is 52.4 Å². The van der Waals surface area contributed by atoms with Crippen molar-refractivity contribution in [1.29, 1.82) is 0 Å². The van der Waals surface area contributed by atoms with Crippen LogP contribution >= 0.6 is 0 Å². The van der Waals surface area contributed by atoms with E-state index < -0.39 is 11.9 Å². The average molecular weight is 230 g/mol. The zero-order valence-electron chi connectivity index (χ0n) is 10.1. The van der Waals surface area contributed by atoms with Crippen LogP contribution in [0, 0.1) is 11.8 Å². The summed E-state index contributed by atoms with van der Waals surface area (Å²) >= 11 is 0. The van der Waals surface area contributed by atoms with E-state index >= 15 is 0 Å². The van der Waals surface area contributed by atoms with E-state index in [1.54, 1.807) is 0 Å². The molecule has 0 aromatic heterocycles. The lowest BCUT2D eigenvalue weighted by Gasteiger charge is -2.10. The maximum atomic E-state index is 10.4. The molecule has 2 unspecified atom stereocenters. The van der Waals surface area contributed by atoms with E-state index in [1.165, 1.54) is 0 Å². The Morgan fingerprint density at radius 1 is 0.875 bits per heavy atom. The topological polar surface area (TPSA) is 74.6 Å². The van der Waals surface area contributed by atoms with Gasteiger partial charge in [0.2, 0.25) is 0 Å². The minimum Gasteiger partial charge on any atom is -0.481 e. The molecule has 2 N–H and O–H groups in total. The van der Waals surface area contributed by atoms with Crippen molar-refractivity contribution in [3.05, 3.63) is 0 Å². The van der Waals surface area contributed by atoms with Crippen molar-refractivity contribution in [3.63, 3.8) is 0 Å². The number of carboxylic acids is 2. The molecule has 2 atom stereocenters. The second kappa shape index (κ2) is 8.13. The van der Waals surface area contributed by atoms with Crippen LogP contribution in [0.15, 0.2) is 0 Å². The number of unbranched alkanes of at least 4 members (excludes halogenated alkanes) is 1. The van der Waals surface area contributed by atoms with E-state index in [4.69, 9.17) is 10.2 Å². The Hall–Kier alpha value is -1.06. The number of carboxylic acid groups (broad SMARTS) is 2. The number of carbonyl (C=O) groups is 2. The Labute approximate surface area is 96.7 Å². The highest BCUT2D eigenvalue weighted by Gasteiger charge is 2.09. The summed E-state index contributed by atoms with van der Waals surface area (Å²) in [5.74, 6) is -1.06. The van der Waals surface area contributed by atoms with Gasteiger partial charge < -0.3 is 10.2 Å². The summed E-state index contributed by atoms with van der Waals surface area (Å²) in [6.45, 7) is 3.88. The van der Waals surface area contributed by atoms with Crippen LogP contribution in [0.25, 0.3) is 0 Å². The molecule has 0 saturated heterocycles. The predicted molar refractivity (Wildman–Crippen MR) is 61.3 cm³/mol. The molecule has 0 amide bonds. The van der Waals surface area contributed by atoms with E-state index in [2.05, 4.69) is 0 Å². The molecule has 0 rings (SSSR count). The molecule has 0 aliphatic heterocycles. The zero-order chi connectivity index (χ0) is 12.6. The summed E-state index contributed by atoms with van der Waals surface area (Å²) in [6, 6.07) is 0. The number of aliphatic carboxylic acids is 2. The fourth-order valence-electron chi connectivity index (χ4n) is 1.79. The molecule has 0 aliphatic rings. The Morgan fingerprint density at radius 3 is 1.44 bits per heavy atom. The molecule has 0 radical (unpaired) electrons. The van der Waals surface area contributed by atoms with Crippen molar-refractivity contribution in [1.82, 2.24) is 0 Å². The zero-order valence-corrected chi connectivity index (χ0v) is 10.1. The average Bonchev–Trinajstić information content (AvgIpc) is 2.10. The number of rotatable bonds is 9. The van der Waals surface area contributed by atoms with E-state index in [-0.39, 0.29) is 24.7 Å².